The third kappa shape index (κ3) is 7.60. The molecule has 2 aromatic heterocycles. The molecule has 0 saturated heterocycles. The molecule has 2 saturated carbocycles. The van der Waals surface area contributed by atoms with Gasteiger partial charge in [0.15, 0.2) is 17.0 Å². The van der Waals surface area contributed by atoms with Gasteiger partial charge in [0.2, 0.25) is 5.95 Å². The van der Waals surface area contributed by atoms with Gasteiger partial charge in [0, 0.05) is 36.3 Å². The van der Waals surface area contributed by atoms with E-state index in [1.807, 2.05) is 24.5 Å². The molecule has 4 N–H and O–H groups in total. The molecule has 5 rings (SSSR count). The van der Waals surface area contributed by atoms with Crippen LogP contribution >= 0.6 is 49.6 Å². The molecular formula is C25H39Cl4N7O2. The zero-order chi connectivity index (χ0) is 23.5. The molecule has 0 spiro atoms. The number of fused-ring (bicyclic) bond motifs is 1. The fraction of sp³-hybridized carbons (Fsp3) is 0.560. The van der Waals surface area contributed by atoms with Crippen LogP contribution in [-0.4, -0.2) is 45.8 Å². The van der Waals surface area contributed by atoms with Gasteiger partial charge in [0.05, 0.1) is 20.5 Å². The standard InChI is InChI=1S/C25H35N7O2.4ClH/c1-33-20-12-7-16(21(13-20)34-2)14-27-23-22-24(32(15-28-22)19-5-3-4-6-19)31-25(30-23)29-18-10-8-17(26)9-11-18;;;;/h7,12-13,15,17-19H,3-6,8-11,14,26H2,1-2H3,(H2,27,29,30,31);4*1H. The molecule has 0 amide bonds. The van der Waals surface area contributed by atoms with Gasteiger partial charge in [-0.25, -0.2) is 4.98 Å². The monoisotopic (exact) mass is 609 g/mol. The second-order valence-corrected chi connectivity index (χ2v) is 9.45. The molecule has 3 aromatic rings. The maximum absolute atomic E-state index is 6.10. The molecule has 214 valence electrons. The van der Waals surface area contributed by atoms with E-state index in [2.05, 4.69) is 15.2 Å². The second kappa shape index (κ2) is 15.6. The summed E-state index contributed by atoms with van der Waals surface area (Å²) in [6.07, 6.45) is 10.9. The van der Waals surface area contributed by atoms with E-state index in [1.54, 1.807) is 14.2 Å². The number of halogens is 4. The minimum absolute atomic E-state index is 0. The lowest BCUT2D eigenvalue weighted by molar-refractivity contribution is 0.391. The van der Waals surface area contributed by atoms with Gasteiger partial charge in [-0.1, -0.05) is 12.8 Å². The summed E-state index contributed by atoms with van der Waals surface area (Å²) in [4.78, 5) is 14.5. The maximum Gasteiger partial charge on any atom is 0.227 e. The third-order valence-electron chi connectivity index (χ3n) is 7.19. The highest BCUT2D eigenvalue weighted by Gasteiger charge is 2.24. The van der Waals surface area contributed by atoms with Gasteiger partial charge in [0.1, 0.15) is 11.5 Å². The Morgan fingerprint density at radius 3 is 2.32 bits per heavy atom. The van der Waals surface area contributed by atoms with Crippen molar-refractivity contribution in [2.24, 2.45) is 5.73 Å². The lowest BCUT2D eigenvalue weighted by Gasteiger charge is -2.27. The van der Waals surface area contributed by atoms with Gasteiger partial charge < -0.3 is 30.4 Å². The molecular weight excluding hydrogens is 572 g/mol. The largest absolute Gasteiger partial charge is 0.497 e. The van der Waals surface area contributed by atoms with E-state index in [0.717, 1.165) is 59.7 Å². The van der Waals surface area contributed by atoms with Crippen LogP contribution in [0.1, 0.15) is 63.0 Å². The zero-order valence-electron chi connectivity index (χ0n) is 21.7. The van der Waals surface area contributed by atoms with Crippen molar-refractivity contribution in [1.29, 1.82) is 0 Å². The molecule has 2 heterocycles. The van der Waals surface area contributed by atoms with Gasteiger partial charge in [0.25, 0.3) is 0 Å². The summed E-state index contributed by atoms with van der Waals surface area (Å²) in [7, 11) is 3.32. The molecule has 13 heteroatoms. The number of aromatic nitrogens is 4. The molecule has 38 heavy (non-hydrogen) atoms. The first-order chi connectivity index (χ1) is 16.6. The fourth-order valence-electron chi connectivity index (χ4n) is 5.18. The summed E-state index contributed by atoms with van der Waals surface area (Å²) in [6, 6.07) is 6.93. The number of ether oxygens (including phenoxy) is 2. The van der Waals surface area contributed by atoms with E-state index >= 15 is 0 Å². The van der Waals surface area contributed by atoms with Crippen molar-refractivity contribution in [3.8, 4) is 11.5 Å². The summed E-state index contributed by atoms with van der Waals surface area (Å²) in [5, 5.41) is 7.07. The summed E-state index contributed by atoms with van der Waals surface area (Å²) in [5.74, 6) is 2.91. The lowest BCUT2D eigenvalue weighted by Crippen LogP contribution is -2.33. The molecule has 9 nitrogen and oxygen atoms in total. The van der Waals surface area contributed by atoms with Crippen LogP contribution in [0.5, 0.6) is 11.5 Å². The van der Waals surface area contributed by atoms with Crippen LogP contribution in [0.15, 0.2) is 24.5 Å². The number of imidazole rings is 1. The second-order valence-electron chi connectivity index (χ2n) is 9.45. The van der Waals surface area contributed by atoms with E-state index in [9.17, 15) is 0 Å². The average Bonchev–Trinajstić information content (AvgIpc) is 3.54. The van der Waals surface area contributed by atoms with E-state index in [0.29, 0.717) is 30.6 Å². The van der Waals surface area contributed by atoms with E-state index in [-0.39, 0.29) is 49.6 Å². The molecule has 0 aliphatic heterocycles. The van der Waals surface area contributed by atoms with Crippen LogP contribution in [-0.2, 0) is 6.54 Å². The lowest BCUT2D eigenvalue weighted by atomic mass is 9.92. The van der Waals surface area contributed by atoms with Crippen molar-refractivity contribution in [1.82, 2.24) is 19.5 Å². The predicted molar refractivity (Wildman–Crippen MR) is 163 cm³/mol. The number of methoxy groups -OCH3 is 2. The number of nitrogens with two attached hydrogens (primary N) is 1. The molecule has 2 aliphatic rings. The summed E-state index contributed by atoms with van der Waals surface area (Å²) in [5.41, 5.74) is 8.81. The first-order valence-corrected chi connectivity index (χ1v) is 12.4. The van der Waals surface area contributed by atoms with E-state index in [4.69, 9.17) is 30.2 Å². The van der Waals surface area contributed by atoms with Crippen LogP contribution < -0.4 is 25.8 Å². The van der Waals surface area contributed by atoms with Gasteiger partial charge >= 0.3 is 0 Å². The molecule has 0 bridgehead atoms. The van der Waals surface area contributed by atoms with Crippen LogP contribution in [0.2, 0.25) is 0 Å². The van der Waals surface area contributed by atoms with Gasteiger partial charge in [-0.2, -0.15) is 9.97 Å². The van der Waals surface area contributed by atoms with E-state index in [1.165, 1.54) is 25.7 Å². The number of nitrogens with one attached hydrogen (secondary N) is 2. The van der Waals surface area contributed by atoms with Crippen LogP contribution in [0.4, 0.5) is 11.8 Å². The SMILES string of the molecule is COc1ccc(CNc2nc(NC3CCC(N)CC3)nc3c2ncn3C2CCCC2)c(OC)c1.Cl.Cl.Cl.Cl. The number of hydrogen-bond acceptors (Lipinski definition) is 8. The van der Waals surface area contributed by atoms with Crippen molar-refractivity contribution < 1.29 is 9.47 Å². The van der Waals surface area contributed by atoms with Gasteiger partial charge in [-0.3, -0.25) is 0 Å². The Labute approximate surface area is 249 Å². The number of benzene rings is 1. The van der Waals surface area contributed by atoms with Crippen molar-refractivity contribution in [2.75, 3.05) is 24.9 Å². The Morgan fingerprint density at radius 2 is 1.66 bits per heavy atom. The van der Waals surface area contributed by atoms with Gasteiger partial charge in [-0.05, 0) is 50.7 Å². The highest BCUT2D eigenvalue weighted by Crippen LogP contribution is 2.34. The molecule has 0 unspecified atom stereocenters. The number of nitrogens with zero attached hydrogens (tertiary/aromatic N) is 4. The number of hydrogen-bond donors (Lipinski definition) is 3. The third-order valence-corrected chi connectivity index (χ3v) is 7.19. The molecule has 2 aliphatic carbocycles. The van der Waals surface area contributed by atoms with Crippen molar-refractivity contribution in [3.05, 3.63) is 30.1 Å². The first-order valence-electron chi connectivity index (χ1n) is 12.4. The smallest absolute Gasteiger partial charge is 0.227 e. The van der Waals surface area contributed by atoms with Crippen LogP contribution in [0.25, 0.3) is 11.2 Å². The minimum atomic E-state index is 0. The predicted octanol–water partition coefficient (Wildman–Crippen LogP) is 5.94. The number of anilines is 2. The van der Waals surface area contributed by atoms with Gasteiger partial charge in [-0.15, -0.1) is 49.6 Å². The van der Waals surface area contributed by atoms with E-state index < -0.39 is 0 Å². The molecule has 0 radical (unpaired) electrons. The average molecular weight is 611 g/mol. The highest BCUT2D eigenvalue weighted by molar-refractivity contribution is 5.86. The van der Waals surface area contributed by atoms with Crippen molar-refractivity contribution in [2.45, 2.75) is 76.0 Å². The Kier molecular flexibility index (Phi) is 14.0. The Hall–Kier alpha value is -1.91. The summed E-state index contributed by atoms with van der Waals surface area (Å²) in [6.45, 7) is 0.549. The summed E-state index contributed by atoms with van der Waals surface area (Å²) < 4.78 is 13.1. The first kappa shape index (κ1) is 34.1. The fourth-order valence-corrected chi connectivity index (χ4v) is 5.18. The maximum atomic E-state index is 6.10. The van der Waals surface area contributed by atoms with Crippen LogP contribution in [0, 0.1) is 0 Å². The normalized spacial score (nSPS) is 18.8. The minimum Gasteiger partial charge on any atom is -0.497 e. The van der Waals surface area contributed by atoms with Crippen LogP contribution in [0.3, 0.4) is 0 Å². The zero-order valence-corrected chi connectivity index (χ0v) is 25.0. The number of rotatable bonds is 8. The Morgan fingerprint density at radius 1 is 0.947 bits per heavy atom. The topological polar surface area (TPSA) is 112 Å². The quantitative estimate of drug-likeness (QED) is 0.287. The van der Waals surface area contributed by atoms with Crippen molar-refractivity contribution >= 4 is 72.6 Å². The summed E-state index contributed by atoms with van der Waals surface area (Å²) >= 11 is 0. The van der Waals surface area contributed by atoms with Crippen molar-refractivity contribution in [3.63, 3.8) is 0 Å². The molecule has 2 fully saturated rings. The Balaban J connectivity index is 0.00000180. The molecule has 0 atom stereocenters. The highest BCUT2D eigenvalue weighted by atomic mass is 35.5. The molecule has 1 aromatic carbocycles. The Bertz CT molecular complexity index is 1140.